The average molecular weight is 424 g/mol. The molecule has 164 valence electrons. The zero-order valence-electron chi connectivity index (χ0n) is 18.4. The number of nitrogens with one attached hydrogen (secondary N) is 2. The maximum absolute atomic E-state index is 13.3. The van der Waals surface area contributed by atoms with E-state index in [1.54, 1.807) is 0 Å². The van der Waals surface area contributed by atoms with E-state index in [9.17, 15) is 4.79 Å². The van der Waals surface area contributed by atoms with E-state index in [1.165, 1.54) is 16.9 Å². The number of aryl methyl sites for hydroxylation is 2. The predicted octanol–water partition coefficient (Wildman–Crippen LogP) is 1.47. The van der Waals surface area contributed by atoms with Crippen LogP contribution in [0.4, 0.5) is 0 Å². The van der Waals surface area contributed by atoms with Crippen LogP contribution in [0.5, 0.6) is 0 Å². The molecule has 31 heavy (non-hydrogen) atoms. The Balaban J connectivity index is 1.62. The fourth-order valence-corrected chi connectivity index (χ4v) is 5.28. The molecule has 0 unspecified atom stereocenters. The number of fused-ring (bicyclic) bond motifs is 1. The minimum atomic E-state index is -0.189. The van der Waals surface area contributed by atoms with Gasteiger partial charge in [-0.25, -0.2) is 4.68 Å². The molecule has 0 spiro atoms. The number of hydrogen-bond acceptors (Lipinski definition) is 5. The zero-order chi connectivity index (χ0) is 21.4. The summed E-state index contributed by atoms with van der Waals surface area (Å²) in [7, 11) is 0. The number of tetrazole rings is 1. The second-order valence-electron chi connectivity index (χ2n) is 9.11. The summed E-state index contributed by atoms with van der Waals surface area (Å²) in [6.45, 7) is 7.60. The summed E-state index contributed by atoms with van der Waals surface area (Å²) in [5.74, 6) is 0.765. The molecule has 1 aromatic carbocycles. The van der Waals surface area contributed by atoms with Crippen molar-refractivity contribution < 1.29 is 9.64 Å². The van der Waals surface area contributed by atoms with Crippen LogP contribution in [-0.2, 0) is 11.3 Å². The quantitative estimate of drug-likeness (QED) is 0.649. The Hall–Kier alpha value is -2.58. The summed E-state index contributed by atoms with van der Waals surface area (Å²) in [5, 5.41) is 13.8. The third kappa shape index (κ3) is 4.02. The molecule has 8 heteroatoms. The SMILES string of the molecule is Cc1cc(C)c2[nH]c(=O)c([C@H](c3nnnn3C[C@@H]3CCCO3)[NH+]3CCCCC3)cc2c1. The highest BCUT2D eigenvalue weighted by Crippen LogP contribution is 2.23. The van der Waals surface area contributed by atoms with Crippen molar-refractivity contribution in [3.8, 4) is 0 Å². The van der Waals surface area contributed by atoms with Crippen LogP contribution in [0.25, 0.3) is 10.9 Å². The van der Waals surface area contributed by atoms with Gasteiger partial charge in [0.05, 0.1) is 36.8 Å². The first-order valence-corrected chi connectivity index (χ1v) is 11.5. The monoisotopic (exact) mass is 423 g/mol. The maximum Gasteiger partial charge on any atom is 0.258 e. The van der Waals surface area contributed by atoms with Crippen molar-refractivity contribution in [2.75, 3.05) is 19.7 Å². The lowest BCUT2D eigenvalue weighted by Crippen LogP contribution is -3.13. The van der Waals surface area contributed by atoms with Crippen molar-refractivity contribution in [3.63, 3.8) is 0 Å². The number of hydrogen-bond donors (Lipinski definition) is 2. The van der Waals surface area contributed by atoms with Gasteiger partial charge in [0.1, 0.15) is 0 Å². The number of H-pyrrole nitrogens is 1. The highest BCUT2D eigenvalue weighted by atomic mass is 16.5. The Kier molecular flexibility index (Phi) is 5.58. The first kappa shape index (κ1) is 20.3. The van der Waals surface area contributed by atoms with E-state index in [2.05, 4.69) is 45.6 Å². The summed E-state index contributed by atoms with van der Waals surface area (Å²) in [4.78, 5) is 17.9. The van der Waals surface area contributed by atoms with Gasteiger partial charge in [0.15, 0.2) is 6.04 Å². The third-order valence-electron chi connectivity index (χ3n) is 6.76. The van der Waals surface area contributed by atoms with E-state index in [-0.39, 0.29) is 17.7 Å². The molecular weight excluding hydrogens is 392 g/mol. The van der Waals surface area contributed by atoms with Gasteiger partial charge in [-0.15, -0.1) is 5.10 Å². The first-order valence-electron chi connectivity index (χ1n) is 11.5. The van der Waals surface area contributed by atoms with Gasteiger partial charge in [-0.2, -0.15) is 0 Å². The van der Waals surface area contributed by atoms with E-state index in [0.717, 1.165) is 73.2 Å². The van der Waals surface area contributed by atoms with Crippen molar-refractivity contribution in [2.45, 2.75) is 64.6 Å². The van der Waals surface area contributed by atoms with E-state index >= 15 is 0 Å². The summed E-state index contributed by atoms with van der Waals surface area (Å²) in [6.07, 6.45) is 5.79. The van der Waals surface area contributed by atoms with Crippen LogP contribution in [0.1, 0.15) is 60.7 Å². The second kappa shape index (κ2) is 8.51. The Bertz CT molecular complexity index is 1120. The molecule has 0 amide bonds. The van der Waals surface area contributed by atoms with E-state index in [0.29, 0.717) is 6.54 Å². The fourth-order valence-electron chi connectivity index (χ4n) is 5.28. The van der Waals surface area contributed by atoms with Gasteiger partial charge in [0, 0.05) is 6.61 Å². The molecule has 0 aliphatic carbocycles. The standard InChI is InChI=1S/C23H30N6O2/c1-15-11-16(2)20-17(12-15)13-19(23(30)24-20)21(28-8-4-3-5-9-28)22-25-26-27-29(22)14-18-7-6-10-31-18/h11-13,18,21H,3-10,14H2,1-2H3,(H,24,30)/p+1/t18-,21+/m0/s1. The van der Waals surface area contributed by atoms with E-state index < -0.39 is 0 Å². The lowest BCUT2D eigenvalue weighted by molar-refractivity contribution is -0.931. The Morgan fingerprint density at radius 2 is 2.03 bits per heavy atom. The van der Waals surface area contributed by atoms with Crippen LogP contribution < -0.4 is 10.5 Å². The van der Waals surface area contributed by atoms with Crippen LogP contribution >= 0.6 is 0 Å². The van der Waals surface area contributed by atoms with Crippen LogP contribution in [0.3, 0.4) is 0 Å². The van der Waals surface area contributed by atoms with E-state index in [1.807, 2.05) is 11.6 Å². The number of rotatable bonds is 5. The largest absolute Gasteiger partial charge is 0.376 e. The van der Waals surface area contributed by atoms with Gasteiger partial charge in [-0.3, -0.25) is 4.79 Å². The molecule has 4 heterocycles. The summed E-state index contributed by atoms with van der Waals surface area (Å²) in [5.41, 5.74) is 3.88. The molecule has 2 fully saturated rings. The number of aromatic amines is 1. The van der Waals surface area contributed by atoms with Crippen LogP contribution in [-0.4, -0.2) is 51.0 Å². The van der Waals surface area contributed by atoms with Crippen LogP contribution in [0.15, 0.2) is 23.0 Å². The molecule has 2 aliphatic rings. The average Bonchev–Trinajstić information content (AvgIpc) is 3.43. The molecule has 0 saturated carbocycles. The molecule has 0 radical (unpaired) electrons. The minimum Gasteiger partial charge on any atom is -0.376 e. The summed E-state index contributed by atoms with van der Waals surface area (Å²) in [6, 6.07) is 6.12. The molecule has 0 bridgehead atoms. The molecule has 5 rings (SSSR count). The molecule has 2 N–H and O–H groups in total. The maximum atomic E-state index is 13.3. The topological polar surface area (TPSA) is 90.1 Å². The van der Waals surface area contributed by atoms with Crippen molar-refractivity contribution in [1.29, 1.82) is 0 Å². The van der Waals surface area contributed by atoms with E-state index in [4.69, 9.17) is 4.74 Å². The van der Waals surface area contributed by atoms with Crippen LogP contribution in [0, 0.1) is 13.8 Å². The Morgan fingerprint density at radius 3 is 2.81 bits per heavy atom. The van der Waals surface area contributed by atoms with Gasteiger partial charge in [0.25, 0.3) is 5.56 Å². The fraction of sp³-hybridized carbons (Fsp3) is 0.565. The van der Waals surface area contributed by atoms with Gasteiger partial charge in [0.2, 0.25) is 5.82 Å². The van der Waals surface area contributed by atoms with Gasteiger partial charge in [-0.1, -0.05) is 11.6 Å². The van der Waals surface area contributed by atoms with Crippen molar-refractivity contribution in [1.82, 2.24) is 25.2 Å². The minimum absolute atomic E-state index is 0.0470. The zero-order valence-corrected chi connectivity index (χ0v) is 18.4. The van der Waals surface area contributed by atoms with Gasteiger partial charge in [-0.05, 0) is 79.5 Å². The number of aromatic nitrogens is 5. The molecule has 8 nitrogen and oxygen atoms in total. The first-order chi connectivity index (χ1) is 15.1. The molecule has 2 atom stereocenters. The highest BCUT2D eigenvalue weighted by molar-refractivity contribution is 5.83. The highest BCUT2D eigenvalue weighted by Gasteiger charge is 2.35. The molecule has 2 aromatic heterocycles. The number of pyridine rings is 1. The number of quaternary nitrogens is 1. The molecule has 2 saturated heterocycles. The van der Waals surface area contributed by atoms with Crippen LogP contribution in [0.2, 0.25) is 0 Å². The van der Waals surface area contributed by atoms with Crippen molar-refractivity contribution >= 4 is 10.9 Å². The van der Waals surface area contributed by atoms with Crippen molar-refractivity contribution in [2.24, 2.45) is 0 Å². The Morgan fingerprint density at radius 1 is 1.19 bits per heavy atom. The lowest BCUT2D eigenvalue weighted by atomic mass is 9.99. The predicted molar refractivity (Wildman–Crippen MR) is 117 cm³/mol. The number of piperidine rings is 1. The molecule has 3 aromatic rings. The van der Waals surface area contributed by atoms with Gasteiger partial charge < -0.3 is 14.6 Å². The Labute approximate surface area is 181 Å². The lowest BCUT2D eigenvalue weighted by Gasteiger charge is -2.30. The smallest absolute Gasteiger partial charge is 0.258 e. The summed E-state index contributed by atoms with van der Waals surface area (Å²) < 4.78 is 7.70. The molecular formula is C23H31N6O2+. The molecule has 2 aliphatic heterocycles. The normalized spacial score (nSPS) is 21.0. The third-order valence-corrected chi connectivity index (χ3v) is 6.76. The van der Waals surface area contributed by atoms with Crippen molar-refractivity contribution in [3.05, 3.63) is 51.1 Å². The number of ether oxygens (including phenoxy) is 1. The number of likely N-dealkylation sites (tertiary alicyclic amines) is 1. The number of nitrogens with zero attached hydrogens (tertiary/aromatic N) is 4. The number of benzene rings is 1. The second-order valence-corrected chi connectivity index (χ2v) is 9.11. The van der Waals surface area contributed by atoms with Gasteiger partial charge >= 0.3 is 0 Å². The summed E-state index contributed by atoms with van der Waals surface area (Å²) >= 11 is 0.